The minimum atomic E-state index is -0.946. The normalized spacial score (nSPS) is 28.2. The summed E-state index contributed by atoms with van der Waals surface area (Å²) in [5.41, 5.74) is -0.946. The first-order chi connectivity index (χ1) is 8.07. The summed E-state index contributed by atoms with van der Waals surface area (Å²) in [7, 11) is 1.45. The summed E-state index contributed by atoms with van der Waals surface area (Å²) in [5, 5.41) is 4.82. The van der Waals surface area contributed by atoms with E-state index >= 15 is 0 Å². The lowest BCUT2D eigenvalue weighted by molar-refractivity contribution is -0.139. The number of imide groups is 1. The molecule has 2 N–H and O–H groups in total. The van der Waals surface area contributed by atoms with E-state index in [4.69, 9.17) is 4.74 Å². The van der Waals surface area contributed by atoms with Crippen molar-refractivity contribution in [2.24, 2.45) is 0 Å². The van der Waals surface area contributed by atoms with Crippen LogP contribution in [0.1, 0.15) is 12.8 Å². The molecule has 0 saturated carbocycles. The summed E-state index contributed by atoms with van der Waals surface area (Å²) >= 11 is 0. The molecule has 4 amide bonds. The molecule has 94 valence electrons. The number of hydrogen-bond donors (Lipinski definition) is 2. The minimum absolute atomic E-state index is 0.00829. The number of ether oxygens (including phenoxy) is 1. The van der Waals surface area contributed by atoms with Crippen LogP contribution in [0.15, 0.2) is 0 Å². The molecule has 1 spiro atoms. The van der Waals surface area contributed by atoms with E-state index in [2.05, 4.69) is 10.6 Å². The predicted octanol–water partition coefficient (Wildman–Crippen LogP) is -1.17. The Morgan fingerprint density at radius 3 is 2.88 bits per heavy atom. The van der Waals surface area contributed by atoms with Gasteiger partial charge in [0.1, 0.15) is 12.1 Å². The second-order valence-electron chi connectivity index (χ2n) is 4.34. The molecule has 0 radical (unpaired) electrons. The highest BCUT2D eigenvalue weighted by molar-refractivity contribution is 6.07. The van der Waals surface area contributed by atoms with Crippen LogP contribution in [0.25, 0.3) is 0 Å². The fourth-order valence-corrected chi connectivity index (χ4v) is 2.30. The molecule has 1 atom stereocenters. The van der Waals surface area contributed by atoms with Crippen molar-refractivity contribution in [3.05, 3.63) is 0 Å². The number of urea groups is 1. The van der Waals surface area contributed by atoms with E-state index in [0.29, 0.717) is 19.4 Å². The van der Waals surface area contributed by atoms with E-state index in [0.717, 1.165) is 0 Å². The number of carbonyl (C=O) groups is 3. The van der Waals surface area contributed by atoms with Crippen molar-refractivity contribution in [2.45, 2.75) is 18.4 Å². The van der Waals surface area contributed by atoms with E-state index < -0.39 is 11.6 Å². The third kappa shape index (κ3) is 2.10. The number of carbonyl (C=O) groups excluding carboxylic acids is 3. The van der Waals surface area contributed by atoms with Gasteiger partial charge >= 0.3 is 6.03 Å². The first kappa shape index (κ1) is 11.8. The molecule has 2 heterocycles. The van der Waals surface area contributed by atoms with Crippen molar-refractivity contribution >= 4 is 17.8 Å². The van der Waals surface area contributed by atoms with Crippen molar-refractivity contribution in [3.8, 4) is 0 Å². The summed E-state index contributed by atoms with van der Waals surface area (Å²) < 4.78 is 4.78. The molecule has 0 aliphatic carbocycles. The van der Waals surface area contributed by atoms with Crippen LogP contribution in [0.5, 0.6) is 0 Å². The Kier molecular flexibility index (Phi) is 3.01. The van der Waals surface area contributed by atoms with Gasteiger partial charge in [0, 0.05) is 13.7 Å². The van der Waals surface area contributed by atoms with Crippen molar-refractivity contribution in [2.75, 3.05) is 26.8 Å². The Hall–Kier alpha value is -1.63. The Labute approximate surface area is 98.5 Å². The molecular weight excluding hydrogens is 226 g/mol. The van der Waals surface area contributed by atoms with Gasteiger partial charge in [-0.3, -0.25) is 14.9 Å². The van der Waals surface area contributed by atoms with E-state index in [1.165, 1.54) is 7.11 Å². The first-order valence-corrected chi connectivity index (χ1v) is 5.48. The molecule has 17 heavy (non-hydrogen) atoms. The van der Waals surface area contributed by atoms with Gasteiger partial charge in [0.2, 0.25) is 5.91 Å². The third-order valence-electron chi connectivity index (χ3n) is 3.13. The van der Waals surface area contributed by atoms with Crippen LogP contribution in [0, 0.1) is 0 Å². The molecule has 2 aliphatic rings. The van der Waals surface area contributed by atoms with Gasteiger partial charge in [-0.1, -0.05) is 0 Å². The smallest absolute Gasteiger partial charge is 0.322 e. The summed E-state index contributed by atoms with van der Waals surface area (Å²) in [6.07, 6.45) is 1.24. The van der Waals surface area contributed by atoms with Crippen LogP contribution in [0.4, 0.5) is 4.79 Å². The molecule has 2 fully saturated rings. The van der Waals surface area contributed by atoms with E-state index in [-0.39, 0.29) is 25.0 Å². The van der Waals surface area contributed by atoms with Gasteiger partial charge in [-0.25, -0.2) is 4.79 Å². The zero-order valence-corrected chi connectivity index (χ0v) is 9.62. The summed E-state index contributed by atoms with van der Waals surface area (Å²) in [6.45, 7) is 0.797. The molecule has 1 unspecified atom stereocenters. The standard InChI is InChI=1S/C10H15N3O4/c1-17-5-7(14)13-4-2-3-10(6-13)8(15)11-9(16)12-10/h2-6H2,1H3,(H2,11,12,15,16). The summed E-state index contributed by atoms with van der Waals surface area (Å²) in [5.74, 6) is -0.516. The quantitative estimate of drug-likeness (QED) is 0.596. The molecule has 0 aromatic heterocycles. The van der Waals surface area contributed by atoms with Crippen molar-refractivity contribution in [3.63, 3.8) is 0 Å². The van der Waals surface area contributed by atoms with Gasteiger partial charge in [-0.05, 0) is 12.8 Å². The van der Waals surface area contributed by atoms with Crippen LogP contribution < -0.4 is 10.6 Å². The molecular formula is C10H15N3O4. The van der Waals surface area contributed by atoms with Gasteiger partial charge in [0.25, 0.3) is 5.91 Å². The second kappa shape index (κ2) is 4.33. The molecule has 0 bridgehead atoms. The lowest BCUT2D eigenvalue weighted by Gasteiger charge is -2.37. The predicted molar refractivity (Wildman–Crippen MR) is 57.1 cm³/mol. The van der Waals surface area contributed by atoms with E-state index in [9.17, 15) is 14.4 Å². The largest absolute Gasteiger partial charge is 0.375 e. The van der Waals surface area contributed by atoms with Crippen LogP contribution in [-0.4, -0.2) is 55.1 Å². The minimum Gasteiger partial charge on any atom is -0.375 e. The maximum Gasteiger partial charge on any atom is 0.322 e. The molecule has 2 aliphatic heterocycles. The third-order valence-corrected chi connectivity index (χ3v) is 3.13. The van der Waals surface area contributed by atoms with Gasteiger partial charge in [-0.2, -0.15) is 0 Å². The topological polar surface area (TPSA) is 87.7 Å². The fourth-order valence-electron chi connectivity index (χ4n) is 2.30. The summed E-state index contributed by atoms with van der Waals surface area (Å²) in [4.78, 5) is 36.1. The molecule has 2 rings (SSSR count). The Morgan fingerprint density at radius 2 is 2.29 bits per heavy atom. The van der Waals surface area contributed by atoms with Gasteiger partial charge < -0.3 is 15.0 Å². The Balaban J connectivity index is 2.09. The molecule has 0 aromatic carbocycles. The molecule has 7 nitrogen and oxygen atoms in total. The average Bonchev–Trinajstić information content (AvgIpc) is 2.54. The molecule has 7 heteroatoms. The highest BCUT2D eigenvalue weighted by Gasteiger charge is 2.49. The maximum absolute atomic E-state index is 11.7. The lowest BCUT2D eigenvalue weighted by atomic mass is 9.89. The number of rotatable bonds is 2. The number of methoxy groups -OCH3 is 1. The van der Waals surface area contributed by atoms with Gasteiger partial charge in [0.15, 0.2) is 0 Å². The van der Waals surface area contributed by atoms with Crippen LogP contribution in [-0.2, 0) is 14.3 Å². The molecule has 0 aromatic rings. The highest BCUT2D eigenvalue weighted by Crippen LogP contribution is 2.24. The van der Waals surface area contributed by atoms with Crippen LogP contribution >= 0.6 is 0 Å². The van der Waals surface area contributed by atoms with Gasteiger partial charge in [0.05, 0.1) is 6.54 Å². The molecule has 2 saturated heterocycles. The number of amides is 4. The SMILES string of the molecule is COCC(=O)N1CCCC2(C1)NC(=O)NC2=O. The zero-order valence-electron chi connectivity index (χ0n) is 9.62. The number of likely N-dealkylation sites (tertiary alicyclic amines) is 1. The Bertz CT molecular complexity index is 371. The second-order valence-corrected chi connectivity index (χ2v) is 4.34. The maximum atomic E-state index is 11.7. The highest BCUT2D eigenvalue weighted by atomic mass is 16.5. The fraction of sp³-hybridized carbons (Fsp3) is 0.700. The number of hydrogen-bond acceptors (Lipinski definition) is 4. The number of nitrogens with one attached hydrogen (secondary N) is 2. The van der Waals surface area contributed by atoms with Crippen molar-refractivity contribution in [1.29, 1.82) is 0 Å². The van der Waals surface area contributed by atoms with Crippen molar-refractivity contribution in [1.82, 2.24) is 15.5 Å². The number of nitrogens with zero attached hydrogens (tertiary/aromatic N) is 1. The lowest BCUT2D eigenvalue weighted by Crippen LogP contribution is -2.60. The summed E-state index contributed by atoms with van der Waals surface area (Å²) in [6, 6.07) is -0.490. The average molecular weight is 241 g/mol. The van der Waals surface area contributed by atoms with Crippen LogP contribution in [0.3, 0.4) is 0 Å². The zero-order chi connectivity index (χ0) is 12.5. The van der Waals surface area contributed by atoms with Gasteiger partial charge in [-0.15, -0.1) is 0 Å². The monoisotopic (exact) mass is 241 g/mol. The van der Waals surface area contributed by atoms with E-state index in [1.54, 1.807) is 4.90 Å². The van der Waals surface area contributed by atoms with Crippen molar-refractivity contribution < 1.29 is 19.1 Å². The Morgan fingerprint density at radius 1 is 1.53 bits per heavy atom. The van der Waals surface area contributed by atoms with Crippen LogP contribution in [0.2, 0.25) is 0 Å². The number of piperidine rings is 1. The van der Waals surface area contributed by atoms with E-state index in [1.807, 2.05) is 0 Å². The first-order valence-electron chi connectivity index (χ1n) is 5.48.